The number of hydrogen-bond donors (Lipinski definition) is 0. The highest BCUT2D eigenvalue weighted by Crippen LogP contribution is 2.33. The largest absolute Gasteiger partial charge is 0.497 e. The van der Waals surface area contributed by atoms with Crippen molar-refractivity contribution in [3.63, 3.8) is 0 Å². The lowest BCUT2D eigenvalue weighted by atomic mass is 10.0. The van der Waals surface area contributed by atoms with Crippen LogP contribution >= 0.6 is 0 Å². The molecule has 0 saturated heterocycles. The van der Waals surface area contributed by atoms with Crippen molar-refractivity contribution in [2.24, 2.45) is 5.10 Å². The minimum Gasteiger partial charge on any atom is -0.497 e. The van der Waals surface area contributed by atoms with Gasteiger partial charge in [0.05, 0.1) is 36.5 Å². The Morgan fingerprint density at radius 2 is 1.86 bits per heavy atom. The fourth-order valence-corrected chi connectivity index (χ4v) is 3.83. The molecule has 0 aliphatic carbocycles. The fraction of sp³-hybridized carbons (Fsp3) is 0.154. The molecule has 1 aliphatic heterocycles. The highest BCUT2D eigenvalue weighted by atomic mass is 16.5. The molecule has 2 aromatic carbocycles. The van der Waals surface area contributed by atoms with Gasteiger partial charge in [-0.1, -0.05) is 18.2 Å². The Labute approximate surface area is 201 Å². The molecule has 0 fully saturated rings. The molecule has 3 heterocycles. The SMILES string of the molecule is COc1ccc(C2=NN(C(=O)COC(=O)c3cnn(-c4ccccc4)c3)[C@@H](c3ccco3)C2)cc1. The maximum absolute atomic E-state index is 13.0. The van der Waals surface area contributed by atoms with Gasteiger partial charge in [0.25, 0.3) is 5.91 Å². The minimum atomic E-state index is -0.645. The first kappa shape index (κ1) is 22.1. The molecule has 1 atom stereocenters. The van der Waals surface area contributed by atoms with Crippen molar-refractivity contribution in [1.82, 2.24) is 14.8 Å². The summed E-state index contributed by atoms with van der Waals surface area (Å²) >= 11 is 0. The summed E-state index contributed by atoms with van der Waals surface area (Å²) in [4.78, 5) is 25.6. The minimum absolute atomic E-state index is 0.244. The second-order valence-electron chi connectivity index (χ2n) is 7.83. The summed E-state index contributed by atoms with van der Waals surface area (Å²) in [5, 5.41) is 10.0. The number of hydrogen-bond acceptors (Lipinski definition) is 7. The smallest absolute Gasteiger partial charge is 0.341 e. The van der Waals surface area contributed by atoms with Gasteiger partial charge in [-0.05, 0) is 54.1 Å². The fourth-order valence-electron chi connectivity index (χ4n) is 3.83. The van der Waals surface area contributed by atoms with Gasteiger partial charge in [-0.3, -0.25) is 4.79 Å². The standard InChI is InChI=1S/C26H22N4O5/c1-33-21-11-9-18(10-12-21)22-14-23(24-8-5-13-34-24)30(28-22)25(31)17-35-26(32)19-15-27-29(16-19)20-6-3-2-4-7-20/h2-13,15-16,23H,14,17H2,1H3/t23-/m1/s1. The Balaban J connectivity index is 1.29. The van der Waals surface area contributed by atoms with Gasteiger partial charge in [0.1, 0.15) is 17.6 Å². The average Bonchev–Trinajstić information content (AvgIpc) is 3.68. The first-order valence-electron chi connectivity index (χ1n) is 11.0. The number of amides is 1. The van der Waals surface area contributed by atoms with Gasteiger partial charge >= 0.3 is 5.97 Å². The number of benzene rings is 2. The van der Waals surface area contributed by atoms with E-state index in [9.17, 15) is 9.59 Å². The summed E-state index contributed by atoms with van der Waals surface area (Å²) in [6.07, 6.45) is 4.97. The summed E-state index contributed by atoms with van der Waals surface area (Å²) in [5.41, 5.74) is 2.63. The highest BCUT2D eigenvalue weighted by molar-refractivity contribution is 6.03. The van der Waals surface area contributed by atoms with Crippen LogP contribution in [0, 0.1) is 0 Å². The zero-order valence-corrected chi connectivity index (χ0v) is 18.9. The second-order valence-corrected chi connectivity index (χ2v) is 7.83. The van der Waals surface area contributed by atoms with E-state index in [1.807, 2.05) is 54.6 Å². The molecule has 5 rings (SSSR count). The summed E-state index contributed by atoms with van der Waals surface area (Å²) in [6.45, 7) is -0.466. The highest BCUT2D eigenvalue weighted by Gasteiger charge is 2.35. The third-order valence-corrected chi connectivity index (χ3v) is 5.63. The molecule has 2 aromatic heterocycles. The first-order chi connectivity index (χ1) is 17.1. The van der Waals surface area contributed by atoms with Crippen LogP contribution in [0.1, 0.15) is 34.1 Å². The number of methoxy groups -OCH3 is 1. The zero-order valence-electron chi connectivity index (χ0n) is 18.9. The molecule has 176 valence electrons. The van der Waals surface area contributed by atoms with E-state index in [2.05, 4.69) is 10.2 Å². The molecular formula is C26H22N4O5. The molecule has 0 bridgehead atoms. The maximum atomic E-state index is 13.0. The Morgan fingerprint density at radius 3 is 2.57 bits per heavy atom. The van der Waals surface area contributed by atoms with Gasteiger partial charge < -0.3 is 13.9 Å². The van der Waals surface area contributed by atoms with E-state index < -0.39 is 24.5 Å². The quantitative estimate of drug-likeness (QED) is 0.379. The molecule has 0 N–H and O–H groups in total. The van der Waals surface area contributed by atoms with Crippen molar-refractivity contribution in [3.05, 3.63) is 102 Å². The van der Waals surface area contributed by atoms with Gasteiger partial charge in [-0.2, -0.15) is 10.2 Å². The van der Waals surface area contributed by atoms with E-state index in [1.165, 1.54) is 11.2 Å². The van der Waals surface area contributed by atoms with E-state index in [0.29, 0.717) is 12.2 Å². The Hall–Kier alpha value is -4.66. The predicted octanol–water partition coefficient (Wildman–Crippen LogP) is 4.01. The van der Waals surface area contributed by atoms with Crippen molar-refractivity contribution in [2.75, 3.05) is 13.7 Å². The monoisotopic (exact) mass is 470 g/mol. The lowest BCUT2D eigenvalue weighted by molar-refractivity contribution is -0.136. The average molecular weight is 470 g/mol. The number of nitrogens with zero attached hydrogens (tertiary/aromatic N) is 4. The van der Waals surface area contributed by atoms with Crippen molar-refractivity contribution in [1.29, 1.82) is 0 Å². The summed E-state index contributed by atoms with van der Waals surface area (Å²) in [7, 11) is 1.60. The molecule has 0 saturated carbocycles. The van der Waals surface area contributed by atoms with Crippen LogP contribution in [0.25, 0.3) is 5.69 Å². The number of ether oxygens (including phenoxy) is 2. The third-order valence-electron chi connectivity index (χ3n) is 5.63. The Bertz CT molecular complexity index is 1340. The number of aromatic nitrogens is 2. The van der Waals surface area contributed by atoms with Gasteiger partial charge in [-0.15, -0.1) is 0 Å². The van der Waals surface area contributed by atoms with Crippen LogP contribution in [0.15, 0.2) is 94.9 Å². The predicted molar refractivity (Wildman–Crippen MR) is 126 cm³/mol. The van der Waals surface area contributed by atoms with Gasteiger partial charge in [0.2, 0.25) is 0 Å². The Kier molecular flexibility index (Phi) is 6.13. The van der Waals surface area contributed by atoms with Crippen LogP contribution < -0.4 is 4.74 Å². The van der Waals surface area contributed by atoms with E-state index in [1.54, 1.807) is 36.4 Å². The molecule has 0 spiro atoms. The zero-order chi connectivity index (χ0) is 24.2. The number of carbonyl (C=O) groups is 2. The molecule has 9 nitrogen and oxygen atoms in total. The van der Waals surface area contributed by atoms with E-state index in [-0.39, 0.29) is 5.56 Å². The molecule has 35 heavy (non-hydrogen) atoms. The molecule has 0 radical (unpaired) electrons. The summed E-state index contributed by atoms with van der Waals surface area (Å²) in [5.74, 6) is 0.221. The number of esters is 1. The second kappa shape index (κ2) is 9.68. The van der Waals surface area contributed by atoms with Crippen LogP contribution in [0.2, 0.25) is 0 Å². The maximum Gasteiger partial charge on any atom is 0.341 e. The lowest BCUT2D eigenvalue weighted by Gasteiger charge is -2.19. The molecule has 0 unspecified atom stereocenters. The van der Waals surface area contributed by atoms with Crippen LogP contribution in [-0.4, -0.2) is 46.1 Å². The van der Waals surface area contributed by atoms with Gasteiger partial charge in [0.15, 0.2) is 6.61 Å². The number of para-hydroxylation sites is 1. The van der Waals surface area contributed by atoms with E-state index in [0.717, 1.165) is 22.7 Å². The summed E-state index contributed by atoms with van der Waals surface area (Å²) in [6, 6.07) is 19.9. The van der Waals surface area contributed by atoms with Crippen LogP contribution in [-0.2, 0) is 9.53 Å². The van der Waals surface area contributed by atoms with Gasteiger partial charge in [-0.25, -0.2) is 14.5 Å². The van der Waals surface area contributed by atoms with Crippen LogP contribution in [0.5, 0.6) is 5.75 Å². The Morgan fingerprint density at radius 1 is 1.06 bits per heavy atom. The van der Waals surface area contributed by atoms with Crippen LogP contribution in [0.4, 0.5) is 0 Å². The molecule has 4 aromatic rings. The normalized spacial score (nSPS) is 15.1. The number of carbonyl (C=O) groups excluding carboxylic acids is 2. The first-order valence-corrected chi connectivity index (χ1v) is 11.0. The lowest BCUT2D eigenvalue weighted by Crippen LogP contribution is -2.31. The van der Waals surface area contributed by atoms with Crippen LogP contribution in [0.3, 0.4) is 0 Å². The molecule has 1 amide bonds. The third kappa shape index (κ3) is 4.70. The molecule has 9 heteroatoms. The number of hydrazone groups is 1. The molecular weight excluding hydrogens is 448 g/mol. The van der Waals surface area contributed by atoms with Crippen molar-refractivity contribution < 1.29 is 23.5 Å². The van der Waals surface area contributed by atoms with E-state index in [4.69, 9.17) is 13.9 Å². The van der Waals surface area contributed by atoms with Crippen molar-refractivity contribution >= 4 is 17.6 Å². The number of furan rings is 1. The topological polar surface area (TPSA) is 99.2 Å². The summed E-state index contributed by atoms with van der Waals surface area (Å²) < 4.78 is 17.6. The van der Waals surface area contributed by atoms with Crippen molar-refractivity contribution in [2.45, 2.75) is 12.5 Å². The van der Waals surface area contributed by atoms with Crippen molar-refractivity contribution in [3.8, 4) is 11.4 Å². The number of rotatable bonds is 7. The van der Waals surface area contributed by atoms with Gasteiger partial charge in [0, 0.05) is 12.6 Å². The molecule has 1 aliphatic rings. The van der Waals surface area contributed by atoms with E-state index >= 15 is 0 Å².